The fourth-order valence-electron chi connectivity index (χ4n) is 1.55. The highest BCUT2D eigenvalue weighted by atomic mass is 16.2. The predicted octanol–water partition coefficient (Wildman–Crippen LogP) is 1.42. The number of rotatable bonds is 5. The summed E-state index contributed by atoms with van der Waals surface area (Å²) in [5.41, 5.74) is 0.742. The number of nitriles is 3. The molecule has 7 nitrogen and oxygen atoms in total. The highest BCUT2D eigenvalue weighted by Gasteiger charge is 2.07. The summed E-state index contributed by atoms with van der Waals surface area (Å²) in [4.78, 5) is 13.4. The first-order valence-corrected chi connectivity index (χ1v) is 6.26. The van der Waals surface area contributed by atoms with Crippen molar-refractivity contribution in [1.82, 2.24) is 4.90 Å². The Morgan fingerprint density at radius 3 is 1.91 bits per heavy atom. The van der Waals surface area contributed by atoms with Crippen LogP contribution in [0.15, 0.2) is 35.5 Å². The smallest absolute Gasteiger partial charge is 0.238 e. The number of nitrogens with one attached hydrogen (secondary N) is 2. The van der Waals surface area contributed by atoms with Gasteiger partial charge in [-0.1, -0.05) is 0 Å². The van der Waals surface area contributed by atoms with E-state index in [-0.39, 0.29) is 23.7 Å². The van der Waals surface area contributed by atoms with E-state index in [9.17, 15) is 4.79 Å². The predicted molar refractivity (Wildman–Crippen MR) is 81.1 cm³/mol. The molecule has 0 saturated carbocycles. The van der Waals surface area contributed by atoms with Gasteiger partial charge in [0, 0.05) is 11.4 Å². The number of allylic oxidation sites excluding steroid dienone is 2. The summed E-state index contributed by atoms with van der Waals surface area (Å²) in [5, 5.41) is 31.9. The maximum absolute atomic E-state index is 11.6. The first kappa shape index (κ1) is 16.7. The maximum atomic E-state index is 11.6. The van der Waals surface area contributed by atoms with Crippen LogP contribution in [0.1, 0.15) is 0 Å². The van der Waals surface area contributed by atoms with E-state index in [1.165, 1.54) is 0 Å². The standard InChI is InChI=1S/C15H14N6O/c1-21(2)10-15(22)20-13-5-3-12(4-6-13)19-14(9-18)11(7-16)8-17/h3-6,19H,10H2,1-2H3,(H,20,22). The van der Waals surface area contributed by atoms with Gasteiger partial charge in [-0.25, -0.2) is 0 Å². The summed E-state index contributed by atoms with van der Waals surface area (Å²) in [6.45, 7) is 0.273. The molecule has 0 aliphatic heterocycles. The second-order valence-corrected chi connectivity index (χ2v) is 4.57. The van der Waals surface area contributed by atoms with E-state index in [1.807, 2.05) is 0 Å². The van der Waals surface area contributed by atoms with Gasteiger partial charge < -0.3 is 15.5 Å². The third kappa shape index (κ3) is 4.97. The minimum Gasteiger partial charge on any atom is -0.345 e. The molecule has 0 saturated heterocycles. The second kappa shape index (κ2) is 8.06. The lowest BCUT2D eigenvalue weighted by molar-refractivity contribution is -0.116. The number of carbonyl (C=O) groups is 1. The van der Waals surface area contributed by atoms with Crippen LogP contribution < -0.4 is 10.6 Å². The minimum absolute atomic E-state index is 0.116. The molecule has 0 unspecified atom stereocenters. The molecule has 1 aromatic rings. The number of likely N-dealkylation sites (N-methyl/N-ethyl adjacent to an activating group) is 1. The monoisotopic (exact) mass is 294 g/mol. The Morgan fingerprint density at radius 2 is 1.50 bits per heavy atom. The van der Waals surface area contributed by atoms with Gasteiger partial charge in [0.05, 0.1) is 6.54 Å². The highest BCUT2D eigenvalue weighted by Crippen LogP contribution is 2.16. The van der Waals surface area contributed by atoms with Gasteiger partial charge in [-0.05, 0) is 38.4 Å². The molecule has 1 aromatic carbocycles. The number of nitrogens with zero attached hydrogens (tertiary/aromatic N) is 4. The first-order valence-electron chi connectivity index (χ1n) is 6.26. The lowest BCUT2D eigenvalue weighted by atomic mass is 10.2. The Morgan fingerprint density at radius 1 is 1.00 bits per heavy atom. The number of hydrogen-bond donors (Lipinski definition) is 2. The number of amides is 1. The van der Waals surface area contributed by atoms with Crippen molar-refractivity contribution in [3.8, 4) is 18.2 Å². The highest BCUT2D eigenvalue weighted by molar-refractivity contribution is 5.92. The van der Waals surface area contributed by atoms with Crippen molar-refractivity contribution >= 4 is 17.3 Å². The molecule has 0 spiro atoms. The molecule has 22 heavy (non-hydrogen) atoms. The van der Waals surface area contributed by atoms with Crippen LogP contribution in [0.5, 0.6) is 0 Å². The van der Waals surface area contributed by atoms with Crippen molar-refractivity contribution in [1.29, 1.82) is 15.8 Å². The third-order valence-electron chi connectivity index (χ3n) is 2.48. The third-order valence-corrected chi connectivity index (χ3v) is 2.48. The van der Waals surface area contributed by atoms with Crippen LogP contribution in [0.2, 0.25) is 0 Å². The van der Waals surface area contributed by atoms with Gasteiger partial charge in [0.25, 0.3) is 0 Å². The van der Waals surface area contributed by atoms with Crippen LogP contribution in [-0.4, -0.2) is 31.4 Å². The second-order valence-electron chi connectivity index (χ2n) is 4.57. The zero-order valence-electron chi connectivity index (χ0n) is 12.2. The number of benzene rings is 1. The molecule has 110 valence electrons. The molecule has 7 heteroatoms. The zero-order valence-corrected chi connectivity index (χ0v) is 12.2. The molecule has 0 heterocycles. The van der Waals surface area contributed by atoms with Crippen molar-refractivity contribution in [2.45, 2.75) is 0 Å². The van der Waals surface area contributed by atoms with Gasteiger partial charge in [-0.15, -0.1) is 0 Å². The van der Waals surface area contributed by atoms with E-state index in [4.69, 9.17) is 15.8 Å². The molecule has 0 aliphatic carbocycles. The number of hydrogen-bond acceptors (Lipinski definition) is 6. The average Bonchev–Trinajstić information content (AvgIpc) is 2.48. The molecular formula is C15H14N6O. The SMILES string of the molecule is CN(C)CC(=O)Nc1ccc(NC(C#N)=C(C#N)C#N)cc1. The molecule has 1 rings (SSSR count). The van der Waals surface area contributed by atoms with E-state index in [0.717, 1.165) is 0 Å². The molecule has 0 radical (unpaired) electrons. The summed E-state index contributed by atoms with van der Waals surface area (Å²) in [7, 11) is 3.59. The summed E-state index contributed by atoms with van der Waals surface area (Å²) in [6, 6.07) is 11.7. The lowest BCUT2D eigenvalue weighted by Crippen LogP contribution is -2.27. The largest absolute Gasteiger partial charge is 0.345 e. The molecular weight excluding hydrogens is 280 g/mol. The molecule has 1 amide bonds. The van der Waals surface area contributed by atoms with Crippen LogP contribution in [0.25, 0.3) is 0 Å². The fraction of sp³-hybridized carbons (Fsp3) is 0.200. The van der Waals surface area contributed by atoms with Crippen molar-refractivity contribution < 1.29 is 4.79 Å². The van der Waals surface area contributed by atoms with Gasteiger partial charge in [-0.3, -0.25) is 4.79 Å². The first-order chi connectivity index (χ1) is 10.5. The summed E-state index contributed by atoms with van der Waals surface area (Å²) < 4.78 is 0. The van der Waals surface area contributed by atoms with Gasteiger partial charge in [0.15, 0.2) is 5.57 Å². The van der Waals surface area contributed by atoms with Crippen molar-refractivity contribution in [3.05, 3.63) is 35.5 Å². The molecule has 0 aromatic heterocycles. The average molecular weight is 294 g/mol. The maximum Gasteiger partial charge on any atom is 0.238 e. The van der Waals surface area contributed by atoms with Crippen LogP contribution in [-0.2, 0) is 4.79 Å². The number of carbonyl (C=O) groups excluding carboxylic acids is 1. The summed E-state index contributed by atoms with van der Waals surface area (Å²) in [5.74, 6) is -0.139. The molecule has 0 aliphatic rings. The lowest BCUT2D eigenvalue weighted by Gasteiger charge is -2.11. The van der Waals surface area contributed by atoms with Crippen molar-refractivity contribution in [3.63, 3.8) is 0 Å². The molecule has 0 fully saturated rings. The summed E-state index contributed by atoms with van der Waals surface area (Å²) >= 11 is 0. The van der Waals surface area contributed by atoms with E-state index < -0.39 is 0 Å². The molecule has 0 atom stereocenters. The molecule has 0 bridgehead atoms. The Kier molecular flexibility index (Phi) is 6.12. The fourth-order valence-corrected chi connectivity index (χ4v) is 1.55. The molecule has 2 N–H and O–H groups in total. The van der Waals surface area contributed by atoms with Crippen LogP contribution in [0.3, 0.4) is 0 Å². The van der Waals surface area contributed by atoms with Gasteiger partial charge in [-0.2, -0.15) is 15.8 Å². The van der Waals surface area contributed by atoms with Crippen molar-refractivity contribution in [2.75, 3.05) is 31.3 Å². The topological polar surface area (TPSA) is 116 Å². The normalized spacial score (nSPS) is 9.09. The number of anilines is 2. The van der Waals surface area contributed by atoms with E-state index in [1.54, 1.807) is 61.5 Å². The van der Waals surface area contributed by atoms with E-state index in [0.29, 0.717) is 11.4 Å². The van der Waals surface area contributed by atoms with Crippen LogP contribution in [0, 0.1) is 34.0 Å². The minimum atomic E-state index is -0.286. The van der Waals surface area contributed by atoms with Crippen molar-refractivity contribution in [2.24, 2.45) is 0 Å². The Labute approximate surface area is 128 Å². The van der Waals surface area contributed by atoms with Crippen LogP contribution >= 0.6 is 0 Å². The Bertz CT molecular complexity index is 682. The van der Waals surface area contributed by atoms with Gasteiger partial charge in [0.2, 0.25) is 5.91 Å². The quantitative estimate of drug-likeness (QED) is 0.793. The summed E-state index contributed by atoms with van der Waals surface area (Å²) in [6.07, 6.45) is 0. The van der Waals surface area contributed by atoms with E-state index >= 15 is 0 Å². The van der Waals surface area contributed by atoms with E-state index in [2.05, 4.69) is 10.6 Å². The Hall–Kier alpha value is -3.34. The van der Waals surface area contributed by atoms with Gasteiger partial charge >= 0.3 is 0 Å². The van der Waals surface area contributed by atoms with Crippen LogP contribution in [0.4, 0.5) is 11.4 Å². The zero-order chi connectivity index (χ0) is 16.5. The van der Waals surface area contributed by atoms with Gasteiger partial charge in [0.1, 0.15) is 23.9 Å². The Balaban J connectivity index is 2.81.